The van der Waals surface area contributed by atoms with Crippen molar-refractivity contribution in [3.05, 3.63) is 15.9 Å². The Morgan fingerprint density at radius 3 is 2.53 bits per heavy atom. The highest BCUT2D eigenvalue weighted by atomic mass is 79.9. The van der Waals surface area contributed by atoms with E-state index in [0.717, 1.165) is 22.3 Å². The van der Waals surface area contributed by atoms with E-state index in [1.54, 1.807) is 6.92 Å². The van der Waals surface area contributed by atoms with Crippen molar-refractivity contribution in [2.24, 2.45) is 18.2 Å². The monoisotopic (exact) mass is 303 g/mol. The number of aromatic nitrogens is 2. The molecule has 17 heavy (non-hydrogen) atoms. The average molecular weight is 304 g/mol. The standard InChI is InChI=1S/C12H22BrN3O/c1-5-9-11(13)10(16(4)15-9)6-12(3,7-14)8(2)17/h8,17H,5-7,14H2,1-4H3. The van der Waals surface area contributed by atoms with Crippen molar-refractivity contribution < 1.29 is 5.11 Å². The minimum Gasteiger partial charge on any atom is -0.393 e. The third-order valence-electron chi connectivity index (χ3n) is 3.55. The molecule has 0 fully saturated rings. The minimum atomic E-state index is -0.445. The van der Waals surface area contributed by atoms with Gasteiger partial charge in [0.1, 0.15) is 0 Å². The quantitative estimate of drug-likeness (QED) is 0.869. The molecular formula is C12H22BrN3O. The maximum atomic E-state index is 9.85. The molecule has 4 nitrogen and oxygen atoms in total. The van der Waals surface area contributed by atoms with Gasteiger partial charge in [-0.1, -0.05) is 13.8 Å². The number of halogens is 1. The summed E-state index contributed by atoms with van der Waals surface area (Å²) in [5.41, 5.74) is 7.61. The molecule has 0 saturated heterocycles. The zero-order valence-corrected chi connectivity index (χ0v) is 12.6. The summed E-state index contributed by atoms with van der Waals surface area (Å²) in [7, 11) is 1.93. The van der Waals surface area contributed by atoms with Crippen LogP contribution in [0.25, 0.3) is 0 Å². The van der Waals surface area contributed by atoms with Gasteiger partial charge in [-0.05, 0) is 35.7 Å². The fourth-order valence-corrected chi connectivity index (χ4v) is 2.54. The van der Waals surface area contributed by atoms with Gasteiger partial charge >= 0.3 is 0 Å². The molecule has 0 amide bonds. The van der Waals surface area contributed by atoms with Crippen LogP contribution >= 0.6 is 15.9 Å². The summed E-state index contributed by atoms with van der Waals surface area (Å²) in [6, 6.07) is 0. The predicted molar refractivity (Wildman–Crippen MR) is 72.8 cm³/mol. The van der Waals surface area contributed by atoms with Crippen molar-refractivity contribution >= 4 is 15.9 Å². The van der Waals surface area contributed by atoms with E-state index in [2.05, 4.69) is 28.0 Å². The van der Waals surface area contributed by atoms with Crippen LogP contribution in [0.2, 0.25) is 0 Å². The topological polar surface area (TPSA) is 64.1 Å². The molecule has 98 valence electrons. The van der Waals surface area contributed by atoms with E-state index >= 15 is 0 Å². The Kier molecular flexibility index (Phi) is 4.75. The molecule has 2 atom stereocenters. The highest BCUT2D eigenvalue weighted by molar-refractivity contribution is 9.10. The summed E-state index contributed by atoms with van der Waals surface area (Å²) in [5, 5.41) is 14.3. The van der Waals surface area contributed by atoms with Crippen molar-refractivity contribution in [2.45, 2.75) is 39.7 Å². The van der Waals surface area contributed by atoms with Gasteiger partial charge in [0.05, 0.1) is 22.0 Å². The molecule has 0 spiro atoms. The molecule has 0 aromatic carbocycles. The highest BCUT2D eigenvalue weighted by Crippen LogP contribution is 2.31. The number of aliphatic hydroxyl groups excluding tert-OH is 1. The van der Waals surface area contributed by atoms with Crippen LogP contribution in [0.5, 0.6) is 0 Å². The van der Waals surface area contributed by atoms with Gasteiger partial charge in [0.2, 0.25) is 0 Å². The summed E-state index contributed by atoms with van der Waals surface area (Å²) in [6.45, 7) is 6.32. The van der Waals surface area contributed by atoms with Crippen molar-refractivity contribution in [3.63, 3.8) is 0 Å². The second-order valence-electron chi connectivity index (χ2n) is 4.90. The molecule has 1 aromatic heterocycles. The Morgan fingerprint density at radius 2 is 2.18 bits per heavy atom. The lowest BCUT2D eigenvalue weighted by Crippen LogP contribution is -2.40. The van der Waals surface area contributed by atoms with Crippen LogP contribution in [0.3, 0.4) is 0 Å². The SMILES string of the molecule is CCc1nn(C)c(CC(C)(CN)C(C)O)c1Br. The number of aryl methyl sites for hydroxylation is 2. The number of rotatable bonds is 5. The van der Waals surface area contributed by atoms with Crippen LogP contribution in [-0.4, -0.2) is 27.5 Å². The molecule has 2 unspecified atom stereocenters. The Morgan fingerprint density at radius 1 is 1.59 bits per heavy atom. The van der Waals surface area contributed by atoms with Crippen LogP contribution in [0, 0.1) is 5.41 Å². The molecule has 0 aliphatic heterocycles. The molecule has 5 heteroatoms. The van der Waals surface area contributed by atoms with Gasteiger partial charge in [-0.3, -0.25) is 4.68 Å². The number of aliphatic hydroxyl groups is 1. The van der Waals surface area contributed by atoms with Crippen LogP contribution in [0.1, 0.15) is 32.2 Å². The number of nitrogens with two attached hydrogens (primary N) is 1. The number of nitrogens with zero attached hydrogens (tertiary/aromatic N) is 2. The summed E-state index contributed by atoms with van der Waals surface area (Å²) in [4.78, 5) is 0. The van der Waals surface area contributed by atoms with E-state index < -0.39 is 6.10 Å². The van der Waals surface area contributed by atoms with Gasteiger partial charge in [0.25, 0.3) is 0 Å². The summed E-state index contributed by atoms with van der Waals surface area (Å²) < 4.78 is 2.92. The zero-order chi connectivity index (χ0) is 13.2. The molecule has 0 radical (unpaired) electrons. The molecule has 0 bridgehead atoms. The van der Waals surface area contributed by atoms with Crippen molar-refractivity contribution in [3.8, 4) is 0 Å². The van der Waals surface area contributed by atoms with Gasteiger partial charge in [0, 0.05) is 19.0 Å². The normalized spacial score (nSPS) is 16.9. The van der Waals surface area contributed by atoms with Gasteiger partial charge in [-0.15, -0.1) is 0 Å². The lowest BCUT2D eigenvalue weighted by atomic mass is 9.80. The Bertz CT molecular complexity index is 389. The van der Waals surface area contributed by atoms with Crippen LogP contribution in [0.4, 0.5) is 0 Å². The second kappa shape index (κ2) is 5.50. The third kappa shape index (κ3) is 2.89. The lowest BCUT2D eigenvalue weighted by Gasteiger charge is -2.31. The molecule has 1 aromatic rings. The van der Waals surface area contributed by atoms with Crippen molar-refractivity contribution in [2.75, 3.05) is 6.54 Å². The molecule has 3 N–H and O–H groups in total. The maximum absolute atomic E-state index is 9.85. The smallest absolute Gasteiger partial charge is 0.0766 e. The third-order valence-corrected chi connectivity index (χ3v) is 4.46. The summed E-state index contributed by atoms with van der Waals surface area (Å²) in [5.74, 6) is 0. The first-order valence-electron chi connectivity index (χ1n) is 5.94. The summed E-state index contributed by atoms with van der Waals surface area (Å²) in [6.07, 6.45) is 1.16. The van der Waals surface area contributed by atoms with Gasteiger partial charge in [0.15, 0.2) is 0 Å². The van der Waals surface area contributed by atoms with Crippen LogP contribution in [-0.2, 0) is 19.9 Å². The molecule has 0 aliphatic carbocycles. The van der Waals surface area contributed by atoms with Crippen molar-refractivity contribution in [1.29, 1.82) is 0 Å². The van der Waals surface area contributed by atoms with Gasteiger partial charge < -0.3 is 10.8 Å². The predicted octanol–water partition coefficient (Wildman–Crippen LogP) is 1.63. The van der Waals surface area contributed by atoms with E-state index in [0.29, 0.717) is 13.0 Å². The number of hydrogen-bond donors (Lipinski definition) is 2. The average Bonchev–Trinajstić information content (AvgIpc) is 2.55. The largest absolute Gasteiger partial charge is 0.393 e. The number of hydrogen-bond acceptors (Lipinski definition) is 3. The molecule has 0 saturated carbocycles. The van der Waals surface area contributed by atoms with E-state index in [1.807, 2.05) is 18.7 Å². The van der Waals surface area contributed by atoms with E-state index in [4.69, 9.17) is 5.73 Å². The fraction of sp³-hybridized carbons (Fsp3) is 0.750. The van der Waals surface area contributed by atoms with Gasteiger partial charge in [-0.2, -0.15) is 5.10 Å². The zero-order valence-electron chi connectivity index (χ0n) is 11.0. The molecule has 1 rings (SSSR count). The van der Waals surface area contributed by atoms with Crippen molar-refractivity contribution in [1.82, 2.24) is 9.78 Å². The molecule has 0 aliphatic rings. The molecular weight excluding hydrogens is 282 g/mol. The van der Waals surface area contributed by atoms with Crippen LogP contribution in [0.15, 0.2) is 4.47 Å². The Labute approximate surface area is 111 Å². The van der Waals surface area contributed by atoms with E-state index in [-0.39, 0.29) is 5.41 Å². The Balaban J connectivity index is 3.06. The first-order valence-corrected chi connectivity index (χ1v) is 6.73. The van der Waals surface area contributed by atoms with Crippen LogP contribution < -0.4 is 5.73 Å². The lowest BCUT2D eigenvalue weighted by molar-refractivity contribution is 0.0574. The fourth-order valence-electron chi connectivity index (χ4n) is 1.78. The Hall–Kier alpha value is -0.390. The first-order chi connectivity index (χ1) is 7.85. The minimum absolute atomic E-state index is 0.318. The maximum Gasteiger partial charge on any atom is 0.0766 e. The molecule has 1 heterocycles. The highest BCUT2D eigenvalue weighted by Gasteiger charge is 2.31. The second-order valence-corrected chi connectivity index (χ2v) is 5.69. The van der Waals surface area contributed by atoms with E-state index in [9.17, 15) is 5.11 Å². The summed E-state index contributed by atoms with van der Waals surface area (Å²) >= 11 is 3.59. The van der Waals surface area contributed by atoms with Gasteiger partial charge in [-0.25, -0.2) is 0 Å². The first kappa shape index (κ1) is 14.7. The van der Waals surface area contributed by atoms with E-state index in [1.165, 1.54) is 0 Å².